The molecule has 3 rings (SSSR count). The highest BCUT2D eigenvalue weighted by Gasteiger charge is 2.54. The second-order valence-corrected chi connectivity index (χ2v) is 7.19. The summed E-state index contributed by atoms with van der Waals surface area (Å²) in [6.07, 6.45) is 0. The molecule has 1 saturated carbocycles. The lowest BCUT2D eigenvalue weighted by Crippen LogP contribution is -2.21. The molecule has 5 atom stereocenters. The minimum absolute atomic E-state index is 0.562. The van der Waals surface area contributed by atoms with E-state index in [1.54, 1.807) is 0 Å². The molecule has 1 unspecified atom stereocenters. The second kappa shape index (κ2) is 3.33. The van der Waals surface area contributed by atoms with E-state index in [-0.39, 0.29) is 0 Å². The van der Waals surface area contributed by atoms with E-state index in [2.05, 4.69) is 72.1 Å². The topological polar surface area (TPSA) is 0 Å². The van der Waals surface area contributed by atoms with E-state index in [4.69, 9.17) is 0 Å². The average Bonchev–Trinajstić information content (AvgIpc) is 2.58. The van der Waals surface area contributed by atoms with Gasteiger partial charge in [-0.05, 0) is 11.1 Å². The molecule has 2 aliphatic rings. The standard InChI is InChI=1S/C11H9Br3/c12-9-7-5-3-1-2-4-6(5)8(9)11(14)10(7)13/h1-4,7-11H/t7-,8+,9?,10+,11-. The predicted octanol–water partition coefficient (Wildman–Crippen LogP) is 4.17. The van der Waals surface area contributed by atoms with Gasteiger partial charge in [-0.3, -0.25) is 0 Å². The van der Waals surface area contributed by atoms with Crippen LogP contribution in [0.1, 0.15) is 23.0 Å². The molecule has 1 fully saturated rings. The zero-order valence-corrected chi connectivity index (χ0v) is 12.1. The van der Waals surface area contributed by atoms with Crippen LogP contribution >= 0.6 is 47.8 Å². The molecule has 0 spiro atoms. The van der Waals surface area contributed by atoms with Gasteiger partial charge in [-0.2, -0.15) is 0 Å². The van der Waals surface area contributed by atoms with Crippen molar-refractivity contribution in [3.05, 3.63) is 35.4 Å². The molecule has 1 aromatic carbocycles. The van der Waals surface area contributed by atoms with Crippen LogP contribution in [0.5, 0.6) is 0 Å². The molecular weight excluding hydrogens is 372 g/mol. The maximum Gasteiger partial charge on any atom is 0.0357 e. The Balaban J connectivity index is 2.19. The fourth-order valence-electron chi connectivity index (χ4n) is 2.77. The van der Waals surface area contributed by atoms with Crippen molar-refractivity contribution >= 4 is 47.8 Å². The third kappa shape index (κ3) is 1.09. The van der Waals surface area contributed by atoms with Gasteiger partial charge in [0.25, 0.3) is 0 Å². The van der Waals surface area contributed by atoms with Crippen molar-refractivity contribution in [2.75, 3.05) is 0 Å². The minimum atomic E-state index is 0.562. The molecule has 0 nitrogen and oxygen atoms in total. The lowest BCUT2D eigenvalue weighted by atomic mass is 9.92. The van der Waals surface area contributed by atoms with Gasteiger partial charge in [-0.1, -0.05) is 72.1 Å². The summed E-state index contributed by atoms with van der Waals surface area (Å²) in [4.78, 5) is 1.71. The summed E-state index contributed by atoms with van der Waals surface area (Å²) >= 11 is 11.4. The number of hydrogen-bond donors (Lipinski definition) is 0. The minimum Gasteiger partial charge on any atom is -0.0876 e. The van der Waals surface area contributed by atoms with E-state index in [0.29, 0.717) is 26.3 Å². The fourth-order valence-corrected chi connectivity index (χ4v) is 6.71. The van der Waals surface area contributed by atoms with Crippen LogP contribution < -0.4 is 0 Å². The largest absolute Gasteiger partial charge is 0.0876 e. The normalized spacial score (nSPS) is 44.1. The molecule has 0 radical (unpaired) electrons. The molecule has 0 saturated heterocycles. The first kappa shape index (κ1) is 9.86. The summed E-state index contributed by atoms with van der Waals surface area (Å²) < 4.78 is 0. The lowest BCUT2D eigenvalue weighted by molar-refractivity contribution is 0.772. The second-order valence-electron chi connectivity index (χ2n) is 4.01. The Morgan fingerprint density at radius 1 is 0.714 bits per heavy atom. The van der Waals surface area contributed by atoms with E-state index in [1.165, 1.54) is 11.1 Å². The molecule has 3 heteroatoms. The third-order valence-corrected chi connectivity index (χ3v) is 7.52. The van der Waals surface area contributed by atoms with Crippen molar-refractivity contribution in [2.45, 2.75) is 26.3 Å². The van der Waals surface area contributed by atoms with Gasteiger partial charge < -0.3 is 0 Å². The summed E-state index contributed by atoms with van der Waals surface area (Å²) in [5, 5.41) is 0. The number of rotatable bonds is 0. The summed E-state index contributed by atoms with van der Waals surface area (Å²) in [5.41, 5.74) is 3.05. The zero-order chi connectivity index (χ0) is 9.87. The maximum atomic E-state index is 3.83. The first-order chi connectivity index (χ1) is 6.72. The highest BCUT2D eigenvalue weighted by molar-refractivity contribution is 9.12. The van der Waals surface area contributed by atoms with E-state index < -0.39 is 0 Å². The van der Waals surface area contributed by atoms with Crippen LogP contribution in [-0.2, 0) is 0 Å². The summed E-state index contributed by atoms with van der Waals surface area (Å²) in [7, 11) is 0. The molecule has 14 heavy (non-hydrogen) atoms. The number of halogens is 3. The van der Waals surface area contributed by atoms with E-state index in [1.807, 2.05) is 0 Å². The Morgan fingerprint density at radius 2 is 1.14 bits per heavy atom. The summed E-state index contributed by atoms with van der Waals surface area (Å²) in [6.45, 7) is 0. The lowest BCUT2D eigenvalue weighted by Gasteiger charge is -2.24. The van der Waals surface area contributed by atoms with Gasteiger partial charge >= 0.3 is 0 Å². The van der Waals surface area contributed by atoms with Gasteiger partial charge in [0.15, 0.2) is 0 Å². The number of benzene rings is 1. The van der Waals surface area contributed by atoms with Gasteiger partial charge in [-0.15, -0.1) is 0 Å². The van der Waals surface area contributed by atoms with Crippen LogP contribution in [0.2, 0.25) is 0 Å². The molecular formula is C11H9Br3. The van der Waals surface area contributed by atoms with Crippen LogP contribution in [0, 0.1) is 0 Å². The van der Waals surface area contributed by atoms with Crippen molar-refractivity contribution in [1.29, 1.82) is 0 Å². The Labute approximate surface area is 109 Å². The number of alkyl halides is 3. The summed E-state index contributed by atoms with van der Waals surface area (Å²) in [5.74, 6) is 1.25. The molecule has 0 aliphatic heterocycles. The van der Waals surface area contributed by atoms with Gasteiger partial charge in [0.05, 0.1) is 0 Å². The molecule has 2 aliphatic carbocycles. The van der Waals surface area contributed by atoms with Crippen LogP contribution in [-0.4, -0.2) is 14.5 Å². The smallest absolute Gasteiger partial charge is 0.0357 e. The molecule has 0 N–H and O–H groups in total. The van der Waals surface area contributed by atoms with Gasteiger partial charge in [0.1, 0.15) is 0 Å². The van der Waals surface area contributed by atoms with E-state index >= 15 is 0 Å². The molecule has 0 amide bonds. The quantitative estimate of drug-likeness (QED) is 0.592. The Hall–Kier alpha value is 0.660. The van der Waals surface area contributed by atoms with E-state index in [0.717, 1.165) is 0 Å². The third-order valence-electron chi connectivity index (χ3n) is 3.39. The average molecular weight is 381 g/mol. The Morgan fingerprint density at radius 3 is 1.57 bits per heavy atom. The zero-order valence-electron chi connectivity index (χ0n) is 7.33. The van der Waals surface area contributed by atoms with Gasteiger partial charge in [0, 0.05) is 26.3 Å². The Kier molecular flexibility index (Phi) is 2.34. The van der Waals surface area contributed by atoms with Crippen LogP contribution in [0.4, 0.5) is 0 Å². The van der Waals surface area contributed by atoms with Gasteiger partial charge in [0.2, 0.25) is 0 Å². The first-order valence-electron chi connectivity index (χ1n) is 4.73. The van der Waals surface area contributed by atoms with Crippen molar-refractivity contribution in [1.82, 2.24) is 0 Å². The van der Waals surface area contributed by atoms with Crippen molar-refractivity contribution in [2.24, 2.45) is 0 Å². The highest BCUT2D eigenvalue weighted by Crippen LogP contribution is 2.60. The van der Waals surface area contributed by atoms with Crippen molar-refractivity contribution in [3.63, 3.8) is 0 Å². The molecule has 0 heterocycles. The first-order valence-corrected chi connectivity index (χ1v) is 7.47. The molecule has 74 valence electrons. The molecule has 2 bridgehead atoms. The van der Waals surface area contributed by atoms with Crippen molar-refractivity contribution < 1.29 is 0 Å². The van der Waals surface area contributed by atoms with E-state index in [9.17, 15) is 0 Å². The van der Waals surface area contributed by atoms with Gasteiger partial charge in [-0.25, -0.2) is 0 Å². The van der Waals surface area contributed by atoms with Crippen LogP contribution in [0.15, 0.2) is 24.3 Å². The molecule has 1 aromatic rings. The Bertz CT molecular complexity index is 342. The number of fused-ring (bicyclic) bond motifs is 5. The highest BCUT2D eigenvalue weighted by atomic mass is 79.9. The van der Waals surface area contributed by atoms with Crippen molar-refractivity contribution in [3.8, 4) is 0 Å². The monoisotopic (exact) mass is 378 g/mol. The van der Waals surface area contributed by atoms with Crippen LogP contribution in [0.3, 0.4) is 0 Å². The number of hydrogen-bond acceptors (Lipinski definition) is 0. The molecule has 0 aromatic heterocycles. The SMILES string of the molecule is BrC1[C@H]2c3ccccc3[C@@H]1[C@@H](Br)[C@H]2Br. The predicted molar refractivity (Wildman–Crippen MR) is 70.1 cm³/mol. The fraction of sp³-hybridized carbons (Fsp3) is 0.455. The summed E-state index contributed by atoms with van der Waals surface area (Å²) in [6, 6.07) is 8.81. The van der Waals surface area contributed by atoms with Crippen LogP contribution in [0.25, 0.3) is 0 Å². The maximum absolute atomic E-state index is 3.83.